The average Bonchev–Trinajstić information content (AvgIpc) is 2.65. The topological polar surface area (TPSA) is 116 Å². The number of benzene rings is 2. The molecule has 1 aromatic heterocycles. The number of aliphatic hydroxyl groups excluding tert-OH is 1. The maximum Gasteiger partial charge on any atom is 0.222 e. The third kappa shape index (κ3) is 4.66. The van der Waals surface area contributed by atoms with Gasteiger partial charge in [0.2, 0.25) is 5.95 Å². The van der Waals surface area contributed by atoms with E-state index in [1.165, 1.54) is 12.1 Å². The van der Waals surface area contributed by atoms with Gasteiger partial charge in [0, 0.05) is 30.5 Å². The van der Waals surface area contributed by atoms with E-state index in [2.05, 4.69) is 20.6 Å². The number of rotatable bonds is 7. The van der Waals surface area contributed by atoms with Gasteiger partial charge in [-0.3, -0.25) is 0 Å². The zero-order valence-electron chi connectivity index (χ0n) is 15.4. The summed E-state index contributed by atoms with van der Waals surface area (Å²) in [4.78, 5) is 8.28. The van der Waals surface area contributed by atoms with E-state index in [1.54, 1.807) is 24.3 Å². The van der Waals surface area contributed by atoms with Crippen molar-refractivity contribution in [2.45, 2.75) is 13.3 Å². The highest BCUT2D eigenvalue weighted by molar-refractivity contribution is 5.75. The molecule has 0 bridgehead atoms. The molecule has 6 N–H and O–H groups in total. The number of nitrogen functional groups attached to an aromatic ring is 1. The molecule has 0 spiro atoms. The second-order valence-electron chi connectivity index (χ2n) is 6.34. The predicted octanol–water partition coefficient (Wildman–Crippen LogP) is 3.42. The Labute approximate surface area is 162 Å². The SMILES string of the molecule is Cc1ccc(Nc2ccc(O)c(-c3cc(NCCCO)nc(N)n3)c2)c(F)c1. The van der Waals surface area contributed by atoms with Gasteiger partial charge in [-0.05, 0) is 49.2 Å². The Morgan fingerprint density at radius 2 is 1.93 bits per heavy atom. The smallest absolute Gasteiger partial charge is 0.222 e. The molecule has 7 nitrogen and oxygen atoms in total. The molecule has 3 aromatic rings. The highest BCUT2D eigenvalue weighted by Gasteiger charge is 2.11. The third-order valence-corrected chi connectivity index (χ3v) is 4.06. The van der Waals surface area contributed by atoms with Crippen molar-refractivity contribution >= 4 is 23.1 Å². The molecule has 146 valence electrons. The number of aromatic hydroxyl groups is 1. The fourth-order valence-corrected chi connectivity index (χ4v) is 2.69. The highest BCUT2D eigenvalue weighted by Crippen LogP contribution is 2.33. The summed E-state index contributed by atoms with van der Waals surface area (Å²) in [5.41, 5.74) is 8.38. The van der Waals surface area contributed by atoms with Gasteiger partial charge in [-0.2, -0.15) is 4.98 Å². The van der Waals surface area contributed by atoms with Crippen LogP contribution in [0.4, 0.5) is 27.5 Å². The van der Waals surface area contributed by atoms with Gasteiger partial charge in [-0.15, -0.1) is 0 Å². The van der Waals surface area contributed by atoms with Crippen LogP contribution in [0.1, 0.15) is 12.0 Å². The van der Waals surface area contributed by atoms with Crippen LogP contribution in [0.15, 0.2) is 42.5 Å². The Morgan fingerprint density at radius 3 is 2.68 bits per heavy atom. The zero-order chi connectivity index (χ0) is 20.1. The second kappa shape index (κ2) is 8.53. The van der Waals surface area contributed by atoms with Crippen LogP contribution < -0.4 is 16.4 Å². The highest BCUT2D eigenvalue weighted by atomic mass is 19.1. The molecule has 3 rings (SSSR count). The number of nitrogens with two attached hydrogens (primary N) is 1. The lowest BCUT2D eigenvalue weighted by molar-refractivity contribution is 0.292. The number of aryl methyl sites for hydroxylation is 1. The first kappa shape index (κ1) is 19.4. The van der Waals surface area contributed by atoms with Crippen LogP contribution in [-0.4, -0.2) is 33.3 Å². The minimum atomic E-state index is -0.365. The van der Waals surface area contributed by atoms with E-state index >= 15 is 0 Å². The third-order valence-electron chi connectivity index (χ3n) is 4.06. The summed E-state index contributed by atoms with van der Waals surface area (Å²) in [5.74, 6) is 0.176. The number of phenols is 1. The first-order valence-corrected chi connectivity index (χ1v) is 8.82. The summed E-state index contributed by atoms with van der Waals surface area (Å²) in [5, 5.41) is 25.2. The molecule has 0 unspecified atom stereocenters. The summed E-state index contributed by atoms with van der Waals surface area (Å²) in [6.07, 6.45) is 0.562. The van der Waals surface area contributed by atoms with Crippen LogP contribution in [0.5, 0.6) is 5.75 Å². The normalized spacial score (nSPS) is 10.7. The summed E-state index contributed by atoms with van der Waals surface area (Å²) in [7, 11) is 0. The molecular weight excluding hydrogens is 361 g/mol. The average molecular weight is 383 g/mol. The van der Waals surface area contributed by atoms with Crippen LogP contribution >= 0.6 is 0 Å². The van der Waals surface area contributed by atoms with Gasteiger partial charge in [0.15, 0.2) is 0 Å². The first-order valence-electron chi connectivity index (χ1n) is 8.82. The number of nitrogens with zero attached hydrogens (tertiary/aromatic N) is 2. The van der Waals surface area contributed by atoms with Crippen molar-refractivity contribution in [2.24, 2.45) is 0 Å². The quantitative estimate of drug-likeness (QED) is 0.313. The summed E-state index contributed by atoms with van der Waals surface area (Å²) >= 11 is 0. The Hall–Kier alpha value is -3.39. The number of nitrogens with one attached hydrogen (secondary N) is 2. The first-order chi connectivity index (χ1) is 13.5. The number of halogens is 1. The minimum Gasteiger partial charge on any atom is -0.507 e. The molecule has 0 radical (unpaired) electrons. The van der Waals surface area contributed by atoms with Crippen molar-refractivity contribution in [3.8, 4) is 17.0 Å². The van der Waals surface area contributed by atoms with E-state index < -0.39 is 0 Å². The van der Waals surface area contributed by atoms with Gasteiger partial charge in [-0.25, -0.2) is 9.37 Å². The van der Waals surface area contributed by atoms with E-state index in [1.807, 2.05) is 13.0 Å². The summed E-state index contributed by atoms with van der Waals surface area (Å²) < 4.78 is 14.1. The molecular formula is C20H22FN5O2. The molecule has 0 atom stereocenters. The van der Waals surface area contributed by atoms with E-state index in [0.29, 0.717) is 41.4 Å². The largest absolute Gasteiger partial charge is 0.507 e. The van der Waals surface area contributed by atoms with E-state index in [9.17, 15) is 9.50 Å². The monoisotopic (exact) mass is 383 g/mol. The van der Waals surface area contributed by atoms with Crippen LogP contribution in [0.3, 0.4) is 0 Å². The lowest BCUT2D eigenvalue weighted by Crippen LogP contribution is -2.07. The van der Waals surface area contributed by atoms with Gasteiger partial charge in [0.25, 0.3) is 0 Å². The van der Waals surface area contributed by atoms with Crippen molar-refractivity contribution in [3.63, 3.8) is 0 Å². The fraction of sp³-hybridized carbons (Fsp3) is 0.200. The number of aromatic nitrogens is 2. The molecule has 0 saturated heterocycles. The number of hydrogen-bond donors (Lipinski definition) is 5. The van der Waals surface area contributed by atoms with Crippen molar-refractivity contribution in [1.29, 1.82) is 0 Å². The maximum atomic E-state index is 14.1. The van der Waals surface area contributed by atoms with E-state index in [4.69, 9.17) is 10.8 Å². The van der Waals surface area contributed by atoms with Crippen molar-refractivity contribution < 1.29 is 14.6 Å². The van der Waals surface area contributed by atoms with Gasteiger partial charge in [-0.1, -0.05) is 6.07 Å². The van der Waals surface area contributed by atoms with Crippen LogP contribution in [0.25, 0.3) is 11.3 Å². The van der Waals surface area contributed by atoms with Gasteiger partial charge in [0.1, 0.15) is 17.4 Å². The van der Waals surface area contributed by atoms with Gasteiger partial charge < -0.3 is 26.6 Å². The van der Waals surface area contributed by atoms with Crippen molar-refractivity contribution in [2.75, 3.05) is 29.5 Å². The lowest BCUT2D eigenvalue weighted by atomic mass is 10.1. The predicted molar refractivity (Wildman–Crippen MR) is 108 cm³/mol. The van der Waals surface area contributed by atoms with Crippen LogP contribution in [-0.2, 0) is 0 Å². The molecule has 0 aliphatic heterocycles. The molecule has 0 aliphatic rings. The minimum absolute atomic E-state index is 0.00864. The molecule has 0 amide bonds. The number of hydrogen-bond acceptors (Lipinski definition) is 7. The van der Waals surface area contributed by atoms with Gasteiger partial charge in [0.05, 0.1) is 11.4 Å². The fourth-order valence-electron chi connectivity index (χ4n) is 2.69. The molecule has 28 heavy (non-hydrogen) atoms. The Bertz CT molecular complexity index is 981. The Kier molecular flexibility index (Phi) is 5.90. The number of anilines is 4. The molecule has 1 heterocycles. The van der Waals surface area contributed by atoms with E-state index in [0.717, 1.165) is 5.56 Å². The summed E-state index contributed by atoms with van der Waals surface area (Å²) in [6, 6.07) is 11.4. The van der Waals surface area contributed by atoms with Crippen LogP contribution in [0.2, 0.25) is 0 Å². The molecule has 0 aliphatic carbocycles. The Morgan fingerprint density at radius 1 is 1.11 bits per heavy atom. The second-order valence-corrected chi connectivity index (χ2v) is 6.34. The maximum absolute atomic E-state index is 14.1. The van der Waals surface area contributed by atoms with Crippen molar-refractivity contribution in [1.82, 2.24) is 9.97 Å². The molecule has 0 saturated carbocycles. The van der Waals surface area contributed by atoms with Gasteiger partial charge >= 0.3 is 0 Å². The molecule has 2 aromatic carbocycles. The summed E-state index contributed by atoms with van der Waals surface area (Å²) in [6.45, 7) is 2.40. The van der Waals surface area contributed by atoms with Crippen LogP contribution in [0, 0.1) is 12.7 Å². The Balaban J connectivity index is 1.91. The number of aliphatic hydroxyl groups is 1. The van der Waals surface area contributed by atoms with E-state index in [-0.39, 0.29) is 24.1 Å². The number of phenolic OH excluding ortho intramolecular Hbond substituents is 1. The molecule has 0 fully saturated rings. The lowest BCUT2D eigenvalue weighted by Gasteiger charge is -2.12. The zero-order valence-corrected chi connectivity index (χ0v) is 15.4. The molecule has 8 heteroatoms. The van der Waals surface area contributed by atoms with Crippen molar-refractivity contribution in [3.05, 3.63) is 53.8 Å². The standard InChI is InChI=1S/C20H22FN5O2/c1-12-3-5-16(15(21)9-12)24-13-4-6-18(28)14(10-13)17-11-19(23-7-2-8-27)26-20(22)25-17/h3-6,9-11,24,27-28H,2,7-8H2,1H3,(H3,22,23,25,26).